The molecule has 0 aliphatic carbocycles. The predicted molar refractivity (Wildman–Crippen MR) is 73.2 cm³/mol. The minimum absolute atomic E-state index is 0.303. The highest BCUT2D eigenvalue weighted by Gasteiger charge is 2.21. The SMILES string of the molecule is Cc1cccc(CS(=O)(=O)c2ccc(C(=O)O)cc2F)n1. The Balaban J connectivity index is 2.38. The van der Waals surface area contributed by atoms with Crippen LogP contribution in [0.25, 0.3) is 0 Å². The van der Waals surface area contributed by atoms with Crippen LogP contribution in [0.5, 0.6) is 0 Å². The molecule has 0 fully saturated rings. The molecule has 0 aliphatic heterocycles. The van der Waals surface area contributed by atoms with Crippen LogP contribution in [0.1, 0.15) is 21.7 Å². The van der Waals surface area contributed by atoms with E-state index in [-0.39, 0.29) is 5.56 Å². The van der Waals surface area contributed by atoms with E-state index in [0.717, 1.165) is 12.1 Å². The normalized spacial score (nSPS) is 11.3. The van der Waals surface area contributed by atoms with Crippen molar-refractivity contribution >= 4 is 15.8 Å². The van der Waals surface area contributed by atoms with Gasteiger partial charge in [0.05, 0.1) is 17.0 Å². The van der Waals surface area contributed by atoms with Gasteiger partial charge in [-0.3, -0.25) is 4.98 Å². The Labute approximate surface area is 121 Å². The number of nitrogens with zero attached hydrogens (tertiary/aromatic N) is 1. The Kier molecular flexibility index (Phi) is 4.04. The van der Waals surface area contributed by atoms with Gasteiger partial charge in [-0.1, -0.05) is 6.07 Å². The van der Waals surface area contributed by atoms with Gasteiger partial charge < -0.3 is 5.11 Å². The molecular formula is C14H12FNO4S. The average molecular weight is 309 g/mol. The van der Waals surface area contributed by atoms with Gasteiger partial charge >= 0.3 is 5.97 Å². The first-order valence-electron chi connectivity index (χ1n) is 5.98. The van der Waals surface area contributed by atoms with Crippen molar-refractivity contribution in [2.45, 2.75) is 17.6 Å². The minimum Gasteiger partial charge on any atom is -0.478 e. The number of carboxylic acid groups (broad SMARTS) is 1. The van der Waals surface area contributed by atoms with Crippen molar-refractivity contribution in [3.63, 3.8) is 0 Å². The average Bonchev–Trinajstić information content (AvgIpc) is 2.37. The lowest BCUT2D eigenvalue weighted by Crippen LogP contribution is -2.10. The molecule has 0 atom stereocenters. The van der Waals surface area contributed by atoms with Gasteiger partial charge in [-0.25, -0.2) is 17.6 Å². The van der Waals surface area contributed by atoms with Gasteiger partial charge in [0.2, 0.25) is 0 Å². The number of carbonyl (C=O) groups is 1. The quantitative estimate of drug-likeness (QED) is 0.936. The molecule has 0 radical (unpaired) electrons. The van der Waals surface area contributed by atoms with Gasteiger partial charge in [0.15, 0.2) is 9.84 Å². The van der Waals surface area contributed by atoms with Gasteiger partial charge in [0.1, 0.15) is 10.7 Å². The zero-order chi connectivity index (χ0) is 15.6. The minimum atomic E-state index is -3.93. The summed E-state index contributed by atoms with van der Waals surface area (Å²) >= 11 is 0. The van der Waals surface area contributed by atoms with Gasteiger partial charge in [0.25, 0.3) is 0 Å². The summed E-state index contributed by atoms with van der Waals surface area (Å²) in [4.78, 5) is 14.2. The molecule has 0 saturated carbocycles. The van der Waals surface area contributed by atoms with Crippen molar-refractivity contribution in [2.24, 2.45) is 0 Å². The molecule has 1 aromatic heterocycles. The molecule has 0 saturated heterocycles. The third kappa shape index (κ3) is 3.43. The van der Waals surface area contributed by atoms with Crippen LogP contribution in [-0.2, 0) is 15.6 Å². The van der Waals surface area contributed by atoms with Crippen molar-refractivity contribution < 1.29 is 22.7 Å². The highest BCUT2D eigenvalue weighted by Crippen LogP contribution is 2.20. The molecule has 1 aromatic carbocycles. The summed E-state index contributed by atoms with van der Waals surface area (Å²) in [5.41, 5.74) is 0.654. The van der Waals surface area contributed by atoms with Crippen LogP contribution in [0.2, 0.25) is 0 Å². The first-order valence-corrected chi connectivity index (χ1v) is 7.63. The monoisotopic (exact) mass is 309 g/mol. The maximum Gasteiger partial charge on any atom is 0.335 e. The topological polar surface area (TPSA) is 84.3 Å². The van der Waals surface area contributed by atoms with E-state index in [0.29, 0.717) is 17.5 Å². The largest absolute Gasteiger partial charge is 0.478 e. The van der Waals surface area contributed by atoms with Crippen molar-refractivity contribution in [1.82, 2.24) is 4.98 Å². The number of benzene rings is 1. The summed E-state index contributed by atoms with van der Waals surface area (Å²) in [6.45, 7) is 1.72. The highest BCUT2D eigenvalue weighted by atomic mass is 32.2. The van der Waals surface area contributed by atoms with Gasteiger partial charge in [-0.2, -0.15) is 0 Å². The summed E-state index contributed by atoms with van der Waals surface area (Å²) in [6, 6.07) is 7.63. The van der Waals surface area contributed by atoms with E-state index < -0.39 is 32.3 Å². The molecular weight excluding hydrogens is 297 g/mol. The molecule has 110 valence electrons. The number of rotatable bonds is 4. The van der Waals surface area contributed by atoms with E-state index >= 15 is 0 Å². The number of hydrogen-bond donors (Lipinski definition) is 1. The first-order chi connectivity index (χ1) is 9.79. The Morgan fingerprint density at radius 3 is 2.57 bits per heavy atom. The number of pyridine rings is 1. The fraction of sp³-hybridized carbons (Fsp3) is 0.143. The highest BCUT2D eigenvalue weighted by molar-refractivity contribution is 7.90. The molecule has 0 spiro atoms. The second-order valence-electron chi connectivity index (χ2n) is 4.48. The second-order valence-corrected chi connectivity index (χ2v) is 6.44. The van der Waals surface area contributed by atoms with Crippen LogP contribution in [0.4, 0.5) is 4.39 Å². The molecule has 0 unspecified atom stereocenters. The van der Waals surface area contributed by atoms with Crippen LogP contribution in [0, 0.1) is 12.7 Å². The number of sulfone groups is 1. The van der Waals surface area contributed by atoms with E-state index in [1.165, 1.54) is 6.07 Å². The number of halogens is 1. The number of carboxylic acids is 1. The van der Waals surface area contributed by atoms with Crippen molar-refractivity contribution in [3.05, 3.63) is 59.2 Å². The summed E-state index contributed by atoms with van der Waals surface area (Å²) < 4.78 is 38.2. The Morgan fingerprint density at radius 1 is 1.29 bits per heavy atom. The maximum absolute atomic E-state index is 13.8. The van der Waals surface area contributed by atoms with E-state index in [9.17, 15) is 17.6 Å². The third-order valence-corrected chi connectivity index (χ3v) is 4.47. The van der Waals surface area contributed by atoms with Crippen LogP contribution in [0.15, 0.2) is 41.3 Å². The summed E-state index contributed by atoms with van der Waals surface area (Å²) in [7, 11) is -3.93. The molecule has 5 nitrogen and oxygen atoms in total. The van der Waals surface area contributed by atoms with Gasteiger partial charge in [-0.05, 0) is 37.3 Å². The number of aryl methyl sites for hydroxylation is 1. The van der Waals surface area contributed by atoms with Crippen LogP contribution >= 0.6 is 0 Å². The fourth-order valence-electron chi connectivity index (χ4n) is 1.84. The fourth-order valence-corrected chi connectivity index (χ4v) is 3.18. The molecule has 7 heteroatoms. The summed E-state index contributed by atoms with van der Waals surface area (Å²) in [6.07, 6.45) is 0. The lowest BCUT2D eigenvalue weighted by molar-refractivity contribution is 0.0696. The second kappa shape index (κ2) is 5.61. The molecule has 1 heterocycles. The standard InChI is InChI=1S/C14H12FNO4S/c1-9-3-2-4-11(16-9)8-21(19,20)13-6-5-10(14(17)18)7-12(13)15/h2-7H,8H2,1H3,(H,17,18). The maximum atomic E-state index is 13.8. The lowest BCUT2D eigenvalue weighted by atomic mass is 10.2. The molecule has 0 bridgehead atoms. The number of aromatic nitrogens is 1. The van der Waals surface area contributed by atoms with Crippen LogP contribution < -0.4 is 0 Å². The molecule has 2 aromatic rings. The van der Waals surface area contributed by atoms with Gasteiger partial charge in [0, 0.05) is 5.69 Å². The zero-order valence-electron chi connectivity index (χ0n) is 11.1. The van der Waals surface area contributed by atoms with Gasteiger partial charge in [-0.15, -0.1) is 0 Å². The van der Waals surface area contributed by atoms with Crippen molar-refractivity contribution in [2.75, 3.05) is 0 Å². The predicted octanol–water partition coefficient (Wildman–Crippen LogP) is 2.20. The molecule has 21 heavy (non-hydrogen) atoms. The first kappa shape index (κ1) is 15.1. The lowest BCUT2D eigenvalue weighted by Gasteiger charge is -2.06. The molecule has 1 N–H and O–H groups in total. The Bertz CT molecular complexity index is 802. The van der Waals surface area contributed by atoms with E-state index in [1.54, 1.807) is 19.1 Å². The number of hydrogen-bond acceptors (Lipinski definition) is 4. The van der Waals surface area contributed by atoms with Crippen molar-refractivity contribution in [3.8, 4) is 0 Å². The smallest absolute Gasteiger partial charge is 0.335 e. The Morgan fingerprint density at radius 2 is 2.00 bits per heavy atom. The van der Waals surface area contributed by atoms with E-state index in [2.05, 4.69) is 4.98 Å². The third-order valence-electron chi connectivity index (χ3n) is 2.80. The summed E-state index contributed by atoms with van der Waals surface area (Å²) in [5, 5.41) is 8.74. The summed E-state index contributed by atoms with van der Waals surface area (Å²) in [5.74, 6) is -2.85. The van der Waals surface area contributed by atoms with E-state index in [1.807, 2.05) is 0 Å². The molecule has 2 rings (SSSR count). The molecule has 0 amide bonds. The van der Waals surface area contributed by atoms with Crippen molar-refractivity contribution in [1.29, 1.82) is 0 Å². The van der Waals surface area contributed by atoms with Crippen LogP contribution in [0.3, 0.4) is 0 Å². The van der Waals surface area contributed by atoms with E-state index in [4.69, 9.17) is 5.11 Å². The molecule has 0 aliphatic rings. The zero-order valence-corrected chi connectivity index (χ0v) is 11.9. The Hall–Kier alpha value is -2.28. The van der Waals surface area contributed by atoms with Crippen LogP contribution in [-0.4, -0.2) is 24.5 Å². The number of aromatic carboxylic acids is 1.